The lowest BCUT2D eigenvalue weighted by Crippen LogP contribution is -2.62. The lowest BCUT2D eigenvalue weighted by molar-refractivity contribution is -0.146. The number of phenols is 1. The Balaban J connectivity index is 1.73. The van der Waals surface area contributed by atoms with Crippen LogP contribution in [-0.4, -0.2) is 173 Å². The van der Waals surface area contributed by atoms with E-state index in [0.717, 1.165) is 4.90 Å². The number of H-pyrrole nitrogens is 1. The number of carbonyl (C=O) groups excluding carboxylic acids is 8. The van der Waals surface area contributed by atoms with Crippen molar-refractivity contribution in [1.29, 1.82) is 0 Å². The molecule has 1 saturated heterocycles. The number of aromatic hydroxyl groups is 1. The molecule has 0 spiro atoms. The number of aromatic nitrogens is 1. The van der Waals surface area contributed by atoms with E-state index >= 15 is 0 Å². The molecule has 64 heavy (non-hydrogen) atoms. The minimum Gasteiger partial charge on any atom is -0.508 e. The van der Waals surface area contributed by atoms with E-state index in [1.165, 1.54) is 25.1 Å². The number of nitrogens with one attached hydrogen (secondary N) is 8. The van der Waals surface area contributed by atoms with Gasteiger partial charge in [0.05, 0.1) is 60.4 Å². The van der Waals surface area contributed by atoms with Crippen molar-refractivity contribution in [2.75, 3.05) is 32.0 Å². The summed E-state index contributed by atoms with van der Waals surface area (Å²) >= 11 is 0. The van der Waals surface area contributed by atoms with E-state index in [0.29, 0.717) is 6.42 Å². The van der Waals surface area contributed by atoms with E-state index in [9.17, 15) is 72.9 Å². The number of aliphatic carboxylic acids is 1. The first-order valence-corrected chi connectivity index (χ1v) is 21.8. The minimum absolute atomic E-state index is 0.0635. The van der Waals surface area contributed by atoms with Crippen LogP contribution in [0.5, 0.6) is 5.75 Å². The minimum atomic E-state index is -2.41. The Morgan fingerprint density at radius 2 is 1.53 bits per heavy atom. The summed E-state index contributed by atoms with van der Waals surface area (Å²) < 4.78 is 14.5. The molecule has 1 unspecified atom stereocenters. The maximum absolute atomic E-state index is 14.5. The van der Waals surface area contributed by atoms with Gasteiger partial charge in [-0.1, -0.05) is 27.2 Å². The number of phenolic OH excluding ortho intramolecular Hbond substituents is 1. The van der Waals surface area contributed by atoms with Gasteiger partial charge in [0.1, 0.15) is 47.0 Å². The molecule has 4 heterocycles. The normalized spacial score (nSPS) is 28.5. The summed E-state index contributed by atoms with van der Waals surface area (Å²) in [5.41, 5.74) is 0.220. The van der Waals surface area contributed by atoms with E-state index in [1.54, 1.807) is 13.8 Å². The summed E-state index contributed by atoms with van der Waals surface area (Å²) in [4.78, 5) is 127. The summed E-state index contributed by atoms with van der Waals surface area (Å²) in [5, 5.41) is 68.3. The summed E-state index contributed by atoms with van der Waals surface area (Å²) in [7, 11) is -2.41. The van der Waals surface area contributed by atoms with Crippen molar-refractivity contribution >= 4 is 74.9 Å². The summed E-state index contributed by atoms with van der Waals surface area (Å²) in [6.45, 7) is 1.64. The Bertz CT molecular complexity index is 2200. The fourth-order valence-corrected chi connectivity index (χ4v) is 9.07. The maximum atomic E-state index is 14.5. The van der Waals surface area contributed by atoms with Gasteiger partial charge in [0, 0.05) is 36.8 Å². The molecule has 24 nitrogen and oxygen atoms in total. The SMILES string of the molecule is CC[C@H](C)[C@@H]1NC(=O)CNC(=O)[C@@H]2Cc3c([nH]c4cc(O)ccc34)S(=O)C[C@@H](NC(=O)CNC1=O)C(=O)N[C@@H](CC(=O)O)C(=O)N1C[C@H](O)C[C@H]1C(=O)N[C@@H]([C@H](C)[C@@H](O)CO)C(=O)N2. The van der Waals surface area contributed by atoms with Gasteiger partial charge in [0.15, 0.2) is 0 Å². The highest BCUT2D eigenvalue weighted by Gasteiger charge is 2.45. The Morgan fingerprint density at radius 3 is 2.19 bits per heavy atom. The van der Waals surface area contributed by atoms with Gasteiger partial charge in [-0.25, -0.2) is 0 Å². The molecule has 5 rings (SSSR count). The van der Waals surface area contributed by atoms with Crippen molar-refractivity contribution in [3.8, 4) is 5.75 Å². The smallest absolute Gasteiger partial charge is 0.305 e. The second-order valence-corrected chi connectivity index (χ2v) is 17.5. The van der Waals surface area contributed by atoms with Crippen molar-refractivity contribution in [3.63, 3.8) is 0 Å². The van der Waals surface area contributed by atoms with Gasteiger partial charge in [-0.05, 0) is 23.6 Å². The predicted octanol–water partition coefficient (Wildman–Crippen LogP) is -5.32. The molecule has 1 aromatic carbocycles. The summed E-state index contributed by atoms with van der Waals surface area (Å²) in [6.07, 6.45) is -4.74. The molecule has 350 valence electrons. The van der Waals surface area contributed by atoms with Crippen LogP contribution in [0.1, 0.15) is 45.6 Å². The quantitative estimate of drug-likeness (QED) is 0.123. The number of rotatable bonds is 7. The molecule has 3 aliphatic rings. The summed E-state index contributed by atoms with van der Waals surface area (Å²) in [6, 6.07) is -6.28. The topological polar surface area (TPSA) is 375 Å². The van der Waals surface area contributed by atoms with Gasteiger partial charge in [0.2, 0.25) is 47.3 Å². The molecule has 8 amide bonds. The number of aromatic amines is 1. The highest BCUT2D eigenvalue weighted by atomic mass is 32.2. The predicted molar refractivity (Wildman–Crippen MR) is 221 cm³/mol. The molecule has 13 N–H and O–H groups in total. The van der Waals surface area contributed by atoms with Gasteiger partial charge in [0.25, 0.3) is 0 Å². The molecule has 3 aliphatic heterocycles. The third-order valence-electron chi connectivity index (χ3n) is 11.5. The number of carboxylic acids is 1. The monoisotopic (exact) mass is 919 g/mol. The zero-order valence-corrected chi connectivity index (χ0v) is 35.9. The van der Waals surface area contributed by atoms with Crippen molar-refractivity contribution in [2.45, 2.75) is 99.9 Å². The van der Waals surface area contributed by atoms with Crippen LogP contribution in [0, 0.1) is 11.8 Å². The first-order valence-electron chi connectivity index (χ1n) is 20.5. The number of carboxylic acid groups (broad SMARTS) is 1. The molecule has 1 aromatic heterocycles. The van der Waals surface area contributed by atoms with Gasteiger partial charge >= 0.3 is 5.97 Å². The Morgan fingerprint density at radius 1 is 0.859 bits per heavy atom. The number of aliphatic hydroxyl groups excluding tert-OH is 3. The van der Waals surface area contributed by atoms with Crippen molar-refractivity contribution in [3.05, 3.63) is 23.8 Å². The first kappa shape index (κ1) is 48.8. The van der Waals surface area contributed by atoms with Gasteiger partial charge in [-0.3, -0.25) is 47.4 Å². The first-order chi connectivity index (χ1) is 30.2. The van der Waals surface area contributed by atoms with Gasteiger partial charge in [-0.15, -0.1) is 0 Å². The van der Waals surface area contributed by atoms with Crippen molar-refractivity contribution < 1.29 is 72.9 Å². The Hall–Kier alpha value is -6.18. The lowest BCUT2D eigenvalue weighted by Gasteiger charge is -2.32. The molecular formula is C39H53N9O15S. The van der Waals surface area contributed by atoms with Crippen LogP contribution in [0.4, 0.5) is 0 Å². The number of benzene rings is 1. The number of hydrogen-bond donors (Lipinski definition) is 13. The largest absolute Gasteiger partial charge is 0.508 e. The number of nitrogens with zero attached hydrogens (tertiary/aromatic N) is 1. The van der Waals surface area contributed by atoms with E-state index in [4.69, 9.17) is 0 Å². The van der Waals surface area contributed by atoms with Crippen LogP contribution in [0.3, 0.4) is 0 Å². The number of carbonyl (C=O) groups is 9. The average Bonchev–Trinajstić information content (AvgIpc) is 3.82. The molecule has 2 bridgehead atoms. The zero-order chi connectivity index (χ0) is 47.2. The molecular weight excluding hydrogens is 867 g/mol. The lowest BCUT2D eigenvalue weighted by atomic mass is 9.93. The molecule has 0 aliphatic carbocycles. The number of fused-ring (bicyclic) bond motifs is 5. The van der Waals surface area contributed by atoms with Crippen molar-refractivity contribution in [1.82, 2.24) is 47.1 Å². The molecule has 2 aromatic rings. The molecule has 25 heteroatoms. The maximum Gasteiger partial charge on any atom is 0.305 e. The number of aliphatic hydroxyl groups is 3. The number of amides is 8. The van der Waals surface area contributed by atoms with Crippen LogP contribution in [0.2, 0.25) is 0 Å². The average molecular weight is 920 g/mol. The highest BCUT2D eigenvalue weighted by Crippen LogP contribution is 2.30. The van der Waals surface area contributed by atoms with E-state index < -0.39 is 176 Å². The summed E-state index contributed by atoms with van der Waals surface area (Å²) in [5.74, 6) is -12.9. The van der Waals surface area contributed by atoms with Crippen LogP contribution >= 0.6 is 0 Å². The highest BCUT2D eigenvalue weighted by molar-refractivity contribution is 7.85. The third kappa shape index (κ3) is 11.5. The standard InChI is InChI=1S/C39H53N9O15S/c1-4-16(2)31-36(60)41-11-28(53)42-25-15-64(63)38-21(20-6-5-18(50)7-22(20)45-38)9-23(33(57)40-12-29(54)46-31)43-37(61)32(17(3)27(52)14-49)47-35(59)26-8-19(51)13-48(26)39(62)24(10-30(55)56)44-34(25)58/h5-7,16-17,19,23-27,31-32,45,49-52H,4,8-15H2,1-3H3,(H,40,57)(H,41,60)(H,42,53)(H,43,61)(H,44,58)(H,46,54)(H,47,59)(H,55,56)/t16-,17+,19+,23-,24-,25+,26-,27-,31-,32-,64?/m0/s1. The van der Waals surface area contributed by atoms with Crippen LogP contribution in [0.15, 0.2) is 23.2 Å². The zero-order valence-electron chi connectivity index (χ0n) is 35.0. The van der Waals surface area contributed by atoms with Crippen molar-refractivity contribution in [2.24, 2.45) is 11.8 Å². The van der Waals surface area contributed by atoms with Gasteiger partial charge in [-0.2, -0.15) is 0 Å². The van der Waals surface area contributed by atoms with E-state index in [2.05, 4.69) is 42.2 Å². The molecule has 1 fully saturated rings. The molecule has 0 saturated carbocycles. The number of hydrogen-bond acceptors (Lipinski definition) is 14. The van der Waals surface area contributed by atoms with E-state index in [1.807, 2.05) is 0 Å². The Labute approximate surface area is 367 Å². The second kappa shape index (κ2) is 21.0. The fourth-order valence-electron chi connectivity index (χ4n) is 7.67. The van der Waals surface area contributed by atoms with Crippen LogP contribution in [-0.2, 0) is 60.4 Å². The third-order valence-corrected chi connectivity index (χ3v) is 12.9. The molecule has 0 radical (unpaired) electrons. The van der Waals surface area contributed by atoms with Crippen LogP contribution < -0.4 is 37.2 Å². The Kier molecular flexibility index (Phi) is 16.0. The van der Waals surface area contributed by atoms with E-state index in [-0.39, 0.29) is 27.2 Å². The molecule has 11 atom stereocenters. The van der Waals surface area contributed by atoms with Crippen LogP contribution in [0.25, 0.3) is 10.9 Å². The second-order valence-electron chi connectivity index (χ2n) is 16.1. The fraction of sp³-hybridized carbons (Fsp3) is 0.564. The van der Waals surface area contributed by atoms with Gasteiger partial charge < -0.3 is 72.6 Å².